The summed E-state index contributed by atoms with van der Waals surface area (Å²) in [5.74, 6) is 1.77. The van der Waals surface area contributed by atoms with E-state index >= 15 is 0 Å². The molecular weight excluding hydrogens is 372 g/mol. The number of allylic oxidation sites excluding steroid dienone is 1. The third-order valence-corrected chi connectivity index (χ3v) is 5.17. The van der Waals surface area contributed by atoms with Gasteiger partial charge in [0.2, 0.25) is 5.91 Å². The SMILES string of the molecule is C=CCn1c(SCC(=O)N(C)c2ccccc2)nnc1-c1ccc(OC)cc1. The fourth-order valence-electron chi connectivity index (χ4n) is 2.66. The lowest BCUT2D eigenvalue weighted by atomic mass is 10.2. The predicted octanol–water partition coefficient (Wildman–Crippen LogP) is 3.89. The van der Waals surface area contributed by atoms with Gasteiger partial charge >= 0.3 is 0 Å². The summed E-state index contributed by atoms with van der Waals surface area (Å²) in [6, 6.07) is 17.2. The smallest absolute Gasteiger partial charge is 0.237 e. The molecule has 3 aromatic rings. The zero-order chi connectivity index (χ0) is 19.9. The van der Waals surface area contributed by atoms with E-state index in [1.165, 1.54) is 11.8 Å². The van der Waals surface area contributed by atoms with E-state index in [4.69, 9.17) is 4.74 Å². The Morgan fingerprint density at radius 1 is 1.18 bits per heavy atom. The molecule has 0 saturated heterocycles. The molecule has 0 bridgehead atoms. The Labute approximate surface area is 168 Å². The summed E-state index contributed by atoms with van der Waals surface area (Å²) in [5, 5.41) is 9.29. The van der Waals surface area contributed by atoms with Gasteiger partial charge in [0.1, 0.15) is 5.75 Å². The number of hydrogen-bond donors (Lipinski definition) is 0. The Morgan fingerprint density at radius 3 is 2.54 bits per heavy atom. The quantitative estimate of drug-likeness (QED) is 0.428. The normalized spacial score (nSPS) is 10.5. The summed E-state index contributed by atoms with van der Waals surface area (Å²) in [7, 11) is 3.41. The average Bonchev–Trinajstić information content (AvgIpc) is 3.15. The fraction of sp³-hybridized carbons (Fsp3) is 0.190. The average molecular weight is 395 g/mol. The number of hydrogen-bond acceptors (Lipinski definition) is 5. The molecule has 0 saturated carbocycles. The molecule has 6 nitrogen and oxygen atoms in total. The van der Waals surface area contributed by atoms with Crippen molar-refractivity contribution in [3.8, 4) is 17.1 Å². The van der Waals surface area contributed by atoms with Gasteiger partial charge < -0.3 is 9.64 Å². The van der Waals surface area contributed by atoms with Gasteiger partial charge in [-0.3, -0.25) is 9.36 Å². The lowest BCUT2D eigenvalue weighted by Crippen LogP contribution is -2.27. The second-order valence-corrected chi connectivity index (χ2v) is 6.95. The molecule has 1 aromatic heterocycles. The Bertz CT molecular complexity index is 939. The number of aromatic nitrogens is 3. The Balaban J connectivity index is 1.75. The van der Waals surface area contributed by atoms with Crippen molar-refractivity contribution in [3.05, 3.63) is 67.3 Å². The second kappa shape index (κ2) is 9.23. The van der Waals surface area contributed by atoms with Crippen LogP contribution in [0.4, 0.5) is 5.69 Å². The summed E-state index contributed by atoms with van der Waals surface area (Å²) in [5.41, 5.74) is 1.79. The van der Waals surface area contributed by atoms with Crippen molar-refractivity contribution in [2.24, 2.45) is 0 Å². The van der Waals surface area contributed by atoms with Crippen LogP contribution in [0.5, 0.6) is 5.75 Å². The minimum Gasteiger partial charge on any atom is -0.497 e. The van der Waals surface area contributed by atoms with Crippen LogP contribution in [-0.4, -0.2) is 40.6 Å². The van der Waals surface area contributed by atoms with E-state index in [1.54, 1.807) is 25.1 Å². The molecule has 7 heteroatoms. The summed E-state index contributed by atoms with van der Waals surface area (Å²) in [6.07, 6.45) is 1.79. The van der Waals surface area contributed by atoms with Gasteiger partial charge in [0, 0.05) is 24.8 Å². The molecule has 0 unspecified atom stereocenters. The van der Waals surface area contributed by atoms with Crippen molar-refractivity contribution in [3.63, 3.8) is 0 Å². The maximum Gasteiger partial charge on any atom is 0.237 e. The highest BCUT2D eigenvalue weighted by atomic mass is 32.2. The zero-order valence-electron chi connectivity index (χ0n) is 15.9. The van der Waals surface area contributed by atoms with Crippen LogP contribution in [0, 0.1) is 0 Å². The van der Waals surface area contributed by atoms with E-state index in [9.17, 15) is 4.79 Å². The summed E-state index contributed by atoms with van der Waals surface area (Å²) in [4.78, 5) is 14.2. The topological polar surface area (TPSA) is 60.2 Å². The molecule has 0 N–H and O–H groups in total. The van der Waals surface area contributed by atoms with Gasteiger partial charge in [0.15, 0.2) is 11.0 Å². The number of anilines is 1. The van der Waals surface area contributed by atoms with Gasteiger partial charge in [0.25, 0.3) is 0 Å². The molecule has 28 heavy (non-hydrogen) atoms. The third-order valence-electron chi connectivity index (χ3n) is 4.22. The van der Waals surface area contributed by atoms with Crippen molar-refractivity contribution in [2.45, 2.75) is 11.7 Å². The van der Waals surface area contributed by atoms with Gasteiger partial charge in [-0.05, 0) is 36.4 Å². The van der Waals surface area contributed by atoms with Gasteiger partial charge in [-0.1, -0.05) is 36.0 Å². The lowest BCUT2D eigenvalue weighted by Gasteiger charge is -2.17. The number of carbonyl (C=O) groups excluding carboxylic acids is 1. The number of carbonyl (C=O) groups is 1. The van der Waals surface area contributed by atoms with Gasteiger partial charge in [-0.15, -0.1) is 16.8 Å². The Kier molecular flexibility index (Phi) is 6.49. The molecule has 0 aliphatic rings. The molecular formula is C21H22N4O2S. The van der Waals surface area contributed by atoms with E-state index in [2.05, 4.69) is 16.8 Å². The van der Waals surface area contributed by atoms with Gasteiger partial charge in [-0.25, -0.2) is 0 Å². The maximum absolute atomic E-state index is 12.5. The fourth-order valence-corrected chi connectivity index (χ4v) is 3.52. The molecule has 0 atom stereocenters. The zero-order valence-corrected chi connectivity index (χ0v) is 16.7. The summed E-state index contributed by atoms with van der Waals surface area (Å²) in [6.45, 7) is 4.38. The molecule has 144 valence electrons. The number of nitrogens with zero attached hydrogens (tertiary/aromatic N) is 4. The number of amides is 1. The Hall–Kier alpha value is -3.06. The summed E-state index contributed by atoms with van der Waals surface area (Å²) < 4.78 is 7.16. The van der Waals surface area contributed by atoms with Crippen LogP contribution in [0.3, 0.4) is 0 Å². The first-order valence-corrected chi connectivity index (χ1v) is 9.75. The van der Waals surface area contributed by atoms with E-state index in [1.807, 2.05) is 59.2 Å². The number of thioether (sulfide) groups is 1. The van der Waals surface area contributed by atoms with Crippen molar-refractivity contribution < 1.29 is 9.53 Å². The Morgan fingerprint density at radius 2 is 1.89 bits per heavy atom. The van der Waals surface area contributed by atoms with E-state index in [-0.39, 0.29) is 11.7 Å². The molecule has 2 aromatic carbocycles. The standard InChI is InChI=1S/C21H22N4O2S/c1-4-14-25-20(16-10-12-18(27-3)13-11-16)22-23-21(25)28-15-19(26)24(2)17-8-6-5-7-9-17/h4-13H,1,14-15H2,2-3H3. The molecule has 0 aliphatic heterocycles. The number of benzene rings is 2. The molecule has 3 rings (SSSR count). The highest BCUT2D eigenvalue weighted by molar-refractivity contribution is 7.99. The highest BCUT2D eigenvalue weighted by Crippen LogP contribution is 2.26. The molecule has 0 fully saturated rings. The molecule has 0 aliphatic carbocycles. The highest BCUT2D eigenvalue weighted by Gasteiger charge is 2.17. The van der Waals surface area contributed by atoms with Crippen LogP contribution in [-0.2, 0) is 11.3 Å². The molecule has 1 amide bonds. The van der Waals surface area contributed by atoms with E-state index < -0.39 is 0 Å². The van der Waals surface area contributed by atoms with Crippen molar-refractivity contribution in [1.82, 2.24) is 14.8 Å². The van der Waals surface area contributed by atoms with E-state index in [0.717, 1.165) is 22.8 Å². The van der Waals surface area contributed by atoms with Crippen LogP contribution < -0.4 is 9.64 Å². The van der Waals surface area contributed by atoms with Crippen LogP contribution in [0.15, 0.2) is 72.4 Å². The number of methoxy groups -OCH3 is 1. The lowest BCUT2D eigenvalue weighted by molar-refractivity contribution is -0.115. The largest absolute Gasteiger partial charge is 0.497 e. The van der Waals surface area contributed by atoms with Crippen molar-refractivity contribution in [2.75, 3.05) is 24.8 Å². The van der Waals surface area contributed by atoms with Crippen molar-refractivity contribution >= 4 is 23.4 Å². The maximum atomic E-state index is 12.5. The molecule has 1 heterocycles. The second-order valence-electron chi connectivity index (χ2n) is 6.01. The van der Waals surface area contributed by atoms with Crippen molar-refractivity contribution in [1.29, 1.82) is 0 Å². The summed E-state index contributed by atoms with van der Waals surface area (Å²) >= 11 is 1.37. The van der Waals surface area contributed by atoms with E-state index in [0.29, 0.717) is 11.7 Å². The first-order chi connectivity index (χ1) is 13.6. The minimum atomic E-state index is -0.00431. The first kappa shape index (κ1) is 19.7. The number of para-hydroxylation sites is 1. The minimum absolute atomic E-state index is 0.00431. The third kappa shape index (κ3) is 4.43. The van der Waals surface area contributed by atoms with Gasteiger partial charge in [0.05, 0.1) is 12.9 Å². The predicted molar refractivity (Wildman–Crippen MR) is 113 cm³/mol. The van der Waals surface area contributed by atoms with Crippen LogP contribution >= 0.6 is 11.8 Å². The van der Waals surface area contributed by atoms with Crippen LogP contribution in [0.1, 0.15) is 0 Å². The monoisotopic (exact) mass is 394 g/mol. The number of ether oxygens (including phenoxy) is 1. The van der Waals surface area contributed by atoms with Crippen LogP contribution in [0.25, 0.3) is 11.4 Å². The number of rotatable bonds is 8. The van der Waals surface area contributed by atoms with Gasteiger partial charge in [-0.2, -0.15) is 0 Å². The van der Waals surface area contributed by atoms with Crippen LogP contribution in [0.2, 0.25) is 0 Å². The molecule has 0 spiro atoms. The molecule has 0 radical (unpaired) electrons. The first-order valence-electron chi connectivity index (χ1n) is 8.77.